The van der Waals surface area contributed by atoms with E-state index in [4.69, 9.17) is 4.98 Å². The van der Waals surface area contributed by atoms with Crippen molar-refractivity contribution < 1.29 is 4.39 Å². The van der Waals surface area contributed by atoms with Crippen LogP contribution in [0.4, 0.5) is 4.39 Å². The Hall–Kier alpha value is -3.48. The normalized spacial score (nSPS) is 18.2. The minimum absolute atomic E-state index is 0.181. The van der Waals surface area contributed by atoms with Crippen LogP contribution in [0.3, 0.4) is 0 Å². The summed E-state index contributed by atoms with van der Waals surface area (Å²) < 4.78 is 15.9. The van der Waals surface area contributed by atoms with Gasteiger partial charge in [0.05, 0.1) is 17.8 Å². The first-order valence-electron chi connectivity index (χ1n) is 10.9. The second kappa shape index (κ2) is 7.83. The monoisotopic (exact) mass is 457 g/mol. The summed E-state index contributed by atoms with van der Waals surface area (Å²) in [6, 6.07) is 9.23. The van der Waals surface area contributed by atoms with E-state index in [0.717, 1.165) is 59.3 Å². The van der Waals surface area contributed by atoms with Crippen LogP contribution in [-0.2, 0) is 19.5 Å². The van der Waals surface area contributed by atoms with E-state index < -0.39 is 0 Å². The zero-order valence-corrected chi connectivity index (χ0v) is 18.8. The van der Waals surface area contributed by atoms with Gasteiger partial charge in [0.1, 0.15) is 23.2 Å². The van der Waals surface area contributed by atoms with Gasteiger partial charge >= 0.3 is 0 Å². The molecule has 2 aliphatic rings. The summed E-state index contributed by atoms with van der Waals surface area (Å²) in [5, 5.41) is 14.5. The maximum Gasteiger partial charge on any atom is 0.158 e. The molecule has 6 rings (SSSR count). The van der Waals surface area contributed by atoms with Gasteiger partial charge in [-0.2, -0.15) is 10.4 Å². The van der Waals surface area contributed by atoms with Crippen molar-refractivity contribution in [1.29, 1.82) is 5.26 Å². The van der Waals surface area contributed by atoms with Gasteiger partial charge in [-0.25, -0.2) is 19.0 Å². The highest BCUT2D eigenvalue weighted by molar-refractivity contribution is 7.15. The summed E-state index contributed by atoms with van der Waals surface area (Å²) in [5.74, 6) is 0.654. The van der Waals surface area contributed by atoms with E-state index in [2.05, 4.69) is 33.0 Å². The van der Waals surface area contributed by atoms with E-state index in [-0.39, 0.29) is 17.8 Å². The van der Waals surface area contributed by atoms with Gasteiger partial charge in [0.15, 0.2) is 5.82 Å². The zero-order valence-electron chi connectivity index (χ0n) is 17.9. The maximum absolute atomic E-state index is 14.0. The third kappa shape index (κ3) is 3.43. The Bertz CT molecular complexity index is 1400. The second-order valence-corrected chi connectivity index (χ2v) is 9.61. The Balaban J connectivity index is 1.28. The lowest BCUT2D eigenvalue weighted by molar-refractivity contribution is 0.157. The molecule has 0 amide bonds. The molecule has 9 heteroatoms. The molecule has 33 heavy (non-hydrogen) atoms. The van der Waals surface area contributed by atoms with Crippen LogP contribution in [0.2, 0.25) is 0 Å². The van der Waals surface area contributed by atoms with E-state index in [1.807, 2.05) is 16.8 Å². The average molecular weight is 458 g/mol. The number of hydrogen-bond donors (Lipinski definition) is 0. The summed E-state index contributed by atoms with van der Waals surface area (Å²) in [6.45, 7) is 4.69. The molecule has 0 saturated carbocycles. The summed E-state index contributed by atoms with van der Waals surface area (Å²) in [7, 11) is 0. The molecule has 0 saturated heterocycles. The van der Waals surface area contributed by atoms with E-state index in [1.165, 1.54) is 10.9 Å². The van der Waals surface area contributed by atoms with Crippen molar-refractivity contribution in [3.63, 3.8) is 0 Å². The van der Waals surface area contributed by atoms with Crippen LogP contribution >= 0.6 is 11.3 Å². The number of hydrogen-bond acceptors (Lipinski definition) is 7. The van der Waals surface area contributed by atoms with Gasteiger partial charge in [-0.15, -0.1) is 11.3 Å². The third-order valence-electron chi connectivity index (χ3n) is 6.67. The van der Waals surface area contributed by atoms with Gasteiger partial charge in [-0.3, -0.25) is 9.88 Å². The molecule has 2 aliphatic heterocycles. The zero-order chi connectivity index (χ0) is 22.5. The Kier molecular flexibility index (Phi) is 4.78. The summed E-state index contributed by atoms with van der Waals surface area (Å²) in [5.41, 5.74) is 4.51. The lowest BCUT2D eigenvalue weighted by atomic mass is 9.85. The number of benzene rings is 1. The van der Waals surface area contributed by atoms with Crippen LogP contribution in [0.25, 0.3) is 22.0 Å². The topological polar surface area (TPSA) is 83.5 Å². The number of nitrogens with zero attached hydrogens (tertiary/aromatic N) is 7. The first-order chi connectivity index (χ1) is 16.1. The highest BCUT2D eigenvalue weighted by Crippen LogP contribution is 2.40. The molecule has 3 aromatic heterocycles. The summed E-state index contributed by atoms with van der Waals surface area (Å²) in [4.78, 5) is 17.1. The van der Waals surface area contributed by atoms with Crippen molar-refractivity contribution in [2.45, 2.75) is 38.4 Å². The predicted octanol–water partition coefficient (Wildman–Crippen LogP) is 4.02. The van der Waals surface area contributed by atoms with Crippen molar-refractivity contribution in [3.8, 4) is 28.0 Å². The molecule has 164 valence electrons. The van der Waals surface area contributed by atoms with Gasteiger partial charge in [0, 0.05) is 59.9 Å². The highest BCUT2D eigenvalue weighted by atomic mass is 32.1. The van der Waals surface area contributed by atoms with Crippen LogP contribution in [0.5, 0.6) is 0 Å². The van der Waals surface area contributed by atoms with E-state index in [1.54, 1.807) is 36.1 Å². The molecule has 2 unspecified atom stereocenters. The van der Waals surface area contributed by atoms with Crippen molar-refractivity contribution in [2.75, 3.05) is 6.54 Å². The van der Waals surface area contributed by atoms with Crippen LogP contribution in [0.15, 0.2) is 43.0 Å². The van der Waals surface area contributed by atoms with Gasteiger partial charge in [0.2, 0.25) is 0 Å². The molecule has 1 aromatic carbocycles. The fraction of sp³-hybridized carbons (Fsp3) is 0.292. The van der Waals surface area contributed by atoms with Crippen molar-refractivity contribution in [2.24, 2.45) is 0 Å². The van der Waals surface area contributed by atoms with E-state index in [0.29, 0.717) is 5.56 Å². The van der Waals surface area contributed by atoms with Crippen LogP contribution in [0, 0.1) is 17.1 Å². The van der Waals surface area contributed by atoms with Crippen LogP contribution in [0.1, 0.15) is 34.5 Å². The molecule has 0 aliphatic carbocycles. The first kappa shape index (κ1) is 20.1. The number of halogens is 1. The molecule has 0 spiro atoms. The second-order valence-electron chi connectivity index (χ2n) is 8.53. The molecule has 2 atom stereocenters. The molecule has 0 radical (unpaired) electrons. The maximum atomic E-state index is 14.0. The Morgan fingerprint density at radius 3 is 3.06 bits per heavy atom. The largest absolute Gasteiger partial charge is 0.294 e. The number of thiazole rings is 1. The SMILES string of the molecule is CC(C1Cn2ncnc2-c2cc(F)ccc21)N1CCc2nc(-c3cncc(C#N)c3)sc2C1. The molecule has 4 aromatic rings. The standard InChI is InChI=1S/C24H20FN7S/c1-14(20-11-32-23(28-13-29-32)19-7-17(25)2-3-18(19)20)31-5-4-21-22(12-31)33-24(30-21)16-6-15(8-26)9-27-10-16/h2-3,6-7,9-10,13-14,20H,4-5,11-12H2,1H3. The van der Waals surface area contributed by atoms with E-state index in [9.17, 15) is 9.65 Å². The Labute approximate surface area is 194 Å². The van der Waals surface area contributed by atoms with Gasteiger partial charge < -0.3 is 0 Å². The highest BCUT2D eigenvalue weighted by Gasteiger charge is 2.35. The fourth-order valence-electron chi connectivity index (χ4n) is 4.91. The molecule has 7 nitrogen and oxygen atoms in total. The Morgan fingerprint density at radius 2 is 2.18 bits per heavy atom. The number of fused-ring (bicyclic) bond motifs is 4. The quantitative estimate of drug-likeness (QED) is 0.462. The van der Waals surface area contributed by atoms with Crippen LogP contribution in [-0.4, -0.2) is 42.2 Å². The number of pyridine rings is 1. The first-order valence-corrected chi connectivity index (χ1v) is 11.7. The number of nitriles is 1. The van der Waals surface area contributed by atoms with Crippen LogP contribution < -0.4 is 0 Å². The molecule has 5 heterocycles. The van der Waals surface area contributed by atoms with Gasteiger partial charge in [0.25, 0.3) is 0 Å². The molecule has 0 bridgehead atoms. The summed E-state index contributed by atoms with van der Waals surface area (Å²) in [6.07, 6.45) is 5.74. The fourth-order valence-corrected chi connectivity index (χ4v) is 6.02. The molecule has 0 fully saturated rings. The van der Waals surface area contributed by atoms with E-state index >= 15 is 0 Å². The predicted molar refractivity (Wildman–Crippen MR) is 122 cm³/mol. The smallest absolute Gasteiger partial charge is 0.158 e. The Morgan fingerprint density at radius 1 is 1.27 bits per heavy atom. The number of aromatic nitrogens is 5. The third-order valence-corrected chi connectivity index (χ3v) is 7.81. The van der Waals surface area contributed by atoms with Crippen molar-refractivity contribution in [3.05, 3.63) is 70.5 Å². The average Bonchev–Trinajstić information content (AvgIpc) is 3.49. The molecule has 0 N–H and O–H groups in total. The minimum Gasteiger partial charge on any atom is -0.294 e. The van der Waals surface area contributed by atoms with Crippen molar-refractivity contribution in [1.82, 2.24) is 29.6 Å². The molecular weight excluding hydrogens is 437 g/mol. The summed E-state index contributed by atoms with van der Waals surface area (Å²) >= 11 is 1.67. The minimum atomic E-state index is -0.258. The number of rotatable bonds is 3. The lowest BCUT2D eigenvalue weighted by Crippen LogP contribution is -2.42. The van der Waals surface area contributed by atoms with Gasteiger partial charge in [-0.1, -0.05) is 6.07 Å². The van der Waals surface area contributed by atoms with Crippen molar-refractivity contribution >= 4 is 11.3 Å². The molecular formula is C24H20FN7S. The lowest BCUT2D eigenvalue weighted by Gasteiger charge is -2.39. The van der Waals surface area contributed by atoms with Gasteiger partial charge in [-0.05, 0) is 30.7 Å².